The highest BCUT2D eigenvalue weighted by molar-refractivity contribution is 7.99. The molecule has 0 spiro atoms. The average Bonchev–Trinajstić information content (AvgIpc) is 2.87. The molecule has 0 radical (unpaired) electrons. The molecule has 0 aromatic heterocycles. The van der Waals surface area contributed by atoms with E-state index < -0.39 is 11.9 Å². The predicted molar refractivity (Wildman–Crippen MR) is 151 cm³/mol. The van der Waals surface area contributed by atoms with Crippen molar-refractivity contribution in [2.75, 3.05) is 12.3 Å². The third-order valence-corrected chi connectivity index (χ3v) is 7.31. The fourth-order valence-corrected chi connectivity index (χ4v) is 5.23. The van der Waals surface area contributed by atoms with E-state index in [1.54, 1.807) is 30.3 Å². The second-order valence-corrected chi connectivity index (χ2v) is 11.0. The van der Waals surface area contributed by atoms with Crippen LogP contribution in [-0.2, 0) is 28.3 Å². The first-order valence-corrected chi connectivity index (χ1v) is 14.0. The maximum Gasteiger partial charge on any atom is 0.243 e. The first kappa shape index (κ1) is 29.0. The summed E-state index contributed by atoms with van der Waals surface area (Å²) in [5.41, 5.74) is 2.13. The number of benzene rings is 3. The lowest BCUT2D eigenvalue weighted by molar-refractivity contribution is -0.139. The first-order chi connectivity index (χ1) is 17.7. The van der Waals surface area contributed by atoms with Crippen LogP contribution in [0.3, 0.4) is 0 Å². The molecule has 0 unspecified atom stereocenters. The van der Waals surface area contributed by atoms with Crippen molar-refractivity contribution in [2.45, 2.75) is 38.6 Å². The van der Waals surface area contributed by atoms with Gasteiger partial charge in [0.1, 0.15) is 11.9 Å². The number of hydrogen-bond donors (Lipinski definition) is 1. The number of thioether (sulfide) groups is 1. The molecule has 2 amide bonds. The highest BCUT2D eigenvalue weighted by Gasteiger charge is 2.31. The first-order valence-electron chi connectivity index (χ1n) is 12.1. The van der Waals surface area contributed by atoms with Crippen LogP contribution < -0.4 is 5.32 Å². The quantitative estimate of drug-likeness (QED) is 0.265. The smallest absolute Gasteiger partial charge is 0.243 e. The van der Waals surface area contributed by atoms with Gasteiger partial charge in [-0.15, -0.1) is 11.8 Å². The number of rotatable bonds is 12. The van der Waals surface area contributed by atoms with E-state index in [9.17, 15) is 14.0 Å². The molecule has 0 aliphatic rings. The maximum atomic E-state index is 14.6. The Hall–Kier alpha value is -2.54. The van der Waals surface area contributed by atoms with Crippen molar-refractivity contribution < 1.29 is 14.0 Å². The SMILES string of the molecule is CC(C)CNC(=O)[C@@H](Cc1ccccc1)N(Cc1ccccc1F)C(=O)CSCc1ccc(Cl)cc1Cl. The second kappa shape index (κ2) is 14.4. The van der Waals surface area contributed by atoms with Gasteiger partial charge in [-0.3, -0.25) is 9.59 Å². The third kappa shape index (κ3) is 9.06. The standard InChI is InChI=1S/C29H31Cl2FN2O2S/c1-20(2)16-33-29(36)27(14-21-8-4-3-5-9-21)34(17-22-10-6-7-11-26(22)32)28(35)19-37-18-23-12-13-24(30)15-25(23)31/h3-13,15,20,27H,14,16-19H2,1-2H3,(H,33,36)/t27-/m1/s1. The van der Waals surface area contributed by atoms with Crippen LogP contribution in [0.4, 0.5) is 4.39 Å². The molecule has 0 aliphatic carbocycles. The van der Waals surface area contributed by atoms with Gasteiger partial charge in [0, 0.05) is 40.9 Å². The zero-order chi connectivity index (χ0) is 26.8. The molecule has 37 heavy (non-hydrogen) atoms. The highest BCUT2D eigenvalue weighted by atomic mass is 35.5. The van der Waals surface area contributed by atoms with E-state index in [1.165, 1.54) is 22.7 Å². The van der Waals surface area contributed by atoms with Gasteiger partial charge in [-0.1, -0.05) is 91.6 Å². The molecule has 3 aromatic carbocycles. The molecule has 1 N–H and O–H groups in total. The Balaban J connectivity index is 1.86. The van der Waals surface area contributed by atoms with E-state index >= 15 is 0 Å². The molecule has 3 rings (SSSR count). The minimum atomic E-state index is -0.798. The molecule has 0 fully saturated rings. The molecule has 1 atom stereocenters. The maximum absolute atomic E-state index is 14.6. The van der Waals surface area contributed by atoms with Gasteiger partial charge < -0.3 is 10.2 Å². The summed E-state index contributed by atoms with van der Waals surface area (Å²) >= 11 is 13.7. The van der Waals surface area contributed by atoms with Gasteiger partial charge in [0.15, 0.2) is 0 Å². The molecule has 8 heteroatoms. The minimum absolute atomic E-state index is 0.0135. The highest BCUT2D eigenvalue weighted by Crippen LogP contribution is 2.25. The lowest BCUT2D eigenvalue weighted by atomic mass is 10.0. The number of nitrogens with one attached hydrogen (secondary N) is 1. The molecule has 4 nitrogen and oxygen atoms in total. The third-order valence-electron chi connectivity index (χ3n) is 5.75. The van der Waals surface area contributed by atoms with Gasteiger partial charge in [0.25, 0.3) is 0 Å². The summed E-state index contributed by atoms with van der Waals surface area (Å²) in [6.07, 6.45) is 0.318. The number of hydrogen-bond acceptors (Lipinski definition) is 3. The minimum Gasteiger partial charge on any atom is -0.354 e. The molecular formula is C29H31Cl2FN2O2S. The van der Waals surface area contributed by atoms with E-state index in [0.717, 1.165) is 11.1 Å². The van der Waals surface area contributed by atoms with E-state index in [1.807, 2.05) is 50.2 Å². The molecule has 0 saturated carbocycles. The summed E-state index contributed by atoms with van der Waals surface area (Å²) in [6, 6.07) is 20.3. The van der Waals surface area contributed by atoms with Crippen LogP contribution in [0.2, 0.25) is 10.0 Å². The lowest BCUT2D eigenvalue weighted by Crippen LogP contribution is -2.51. The van der Waals surface area contributed by atoms with Crippen LogP contribution in [0.25, 0.3) is 0 Å². The fraction of sp³-hybridized carbons (Fsp3) is 0.310. The lowest BCUT2D eigenvalue weighted by Gasteiger charge is -2.32. The van der Waals surface area contributed by atoms with E-state index in [-0.39, 0.29) is 30.0 Å². The van der Waals surface area contributed by atoms with Crippen LogP contribution in [0.1, 0.15) is 30.5 Å². The van der Waals surface area contributed by atoms with Gasteiger partial charge in [-0.05, 0) is 35.2 Å². The Morgan fingerprint density at radius 3 is 2.35 bits per heavy atom. The largest absolute Gasteiger partial charge is 0.354 e. The summed E-state index contributed by atoms with van der Waals surface area (Å²) in [6.45, 7) is 4.48. The van der Waals surface area contributed by atoms with Crippen molar-refractivity contribution >= 4 is 46.8 Å². The summed E-state index contributed by atoms with van der Waals surface area (Å²) in [5.74, 6) is -0.0699. The van der Waals surface area contributed by atoms with Gasteiger partial charge in [-0.25, -0.2) is 4.39 Å². The van der Waals surface area contributed by atoms with Crippen LogP contribution in [-0.4, -0.2) is 35.1 Å². The monoisotopic (exact) mass is 560 g/mol. The van der Waals surface area contributed by atoms with E-state index in [0.29, 0.717) is 34.3 Å². The Kier molecular flexibility index (Phi) is 11.3. The second-order valence-electron chi connectivity index (χ2n) is 9.19. The Bertz CT molecular complexity index is 1190. The summed E-state index contributed by atoms with van der Waals surface area (Å²) < 4.78 is 14.6. The van der Waals surface area contributed by atoms with Crippen LogP contribution in [0.15, 0.2) is 72.8 Å². The van der Waals surface area contributed by atoms with Crippen molar-refractivity contribution in [1.29, 1.82) is 0 Å². The zero-order valence-electron chi connectivity index (χ0n) is 20.9. The summed E-state index contributed by atoms with van der Waals surface area (Å²) in [7, 11) is 0. The van der Waals surface area contributed by atoms with Gasteiger partial charge >= 0.3 is 0 Å². The van der Waals surface area contributed by atoms with Gasteiger partial charge in [-0.2, -0.15) is 0 Å². The Morgan fingerprint density at radius 1 is 0.973 bits per heavy atom. The van der Waals surface area contributed by atoms with Gasteiger partial charge in [0.2, 0.25) is 11.8 Å². The zero-order valence-corrected chi connectivity index (χ0v) is 23.3. The van der Waals surface area contributed by atoms with Crippen LogP contribution in [0, 0.1) is 11.7 Å². The Morgan fingerprint density at radius 2 is 1.68 bits per heavy atom. The number of nitrogens with zero attached hydrogens (tertiary/aromatic N) is 1. The number of carbonyl (C=O) groups is 2. The normalized spacial score (nSPS) is 11.8. The fourth-order valence-electron chi connectivity index (χ4n) is 3.76. The van der Waals surface area contributed by atoms with Crippen molar-refractivity contribution in [3.05, 3.63) is 105 Å². The topological polar surface area (TPSA) is 49.4 Å². The molecule has 0 bridgehead atoms. The van der Waals surface area contributed by atoms with Gasteiger partial charge in [0.05, 0.1) is 5.75 Å². The number of halogens is 3. The van der Waals surface area contributed by atoms with Crippen LogP contribution in [0.5, 0.6) is 0 Å². The molecule has 196 valence electrons. The predicted octanol–water partition coefficient (Wildman–Crippen LogP) is 6.78. The molecule has 3 aromatic rings. The summed E-state index contributed by atoms with van der Waals surface area (Å²) in [5, 5.41) is 4.05. The van der Waals surface area contributed by atoms with E-state index in [4.69, 9.17) is 23.2 Å². The van der Waals surface area contributed by atoms with Crippen molar-refractivity contribution in [3.63, 3.8) is 0 Å². The molecule has 0 aliphatic heterocycles. The van der Waals surface area contributed by atoms with Crippen molar-refractivity contribution in [1.82, 2.24) is 10.2 Å². The number of carbonyl (C=O) groups excluding carboxylic acids is 2. The number of amides is 2. The van der Waals surface area contributed by atoms with E-state index in [2.05, 4.69) is 5.32 Å². The average molecular weight is 562 g/mol. The molecule has 0 saturated heterocycles. The molecular weight excluding hydrogens is 530 g/mol. The van der Waals surface area contributed by atoms with Crippen LogP contribution >= 0.6 is 35.0 Å². The molecule has 0 heterocycles. The van der Waals surface area contributed by atoms with Crippen molar-refractivity contribution in [2.24, 2.45) is 5.92 Å². The van der Waals surface area contributed by atoms with Crippen molar-refractivity contribution in [3.8, 4) is 0 Å². The summed E-state index contributed by atoms with van der Waals surface area (Å²) in [4.78, 5) is 28.5. The Labute approximate surface area is 232 Å².